The standard InChI is InChI=1S/2C6H11NO2/c2*8-6(9)5-3-1-2-4-7-5/h2*5,7H,1-4H2,(H,8,9). The van der Waals surface area contributed by atoms with Gasteiger partial charge in [0.25, 0.3) is 0 Å². The van der Waals surface area contributed by atoms with E-state index in [-0.39, 0.29) is 12.1 Å². The minimum Gasteiger partial charge on any atom is -0.480 e. The van der Waals surface area contributed by atoms with E-state index in [4.69, 9.17) is 10.2 Å². The summed E-state index contributed by atoms with van der Waals surface area (Å²) in [7, 11) is 0. The highest BCUT2D eigenvalue weighted by Gasteiger charge is 2.19. The van der Waals surface area contributed by atoms with Crippen molar-refractivity contribution in [3.63, 3.8) is 0 Å². The average molecular weight is 258 g/mol. The Bertz CT molecular complexity index is 243. The Kier molecular flexibility index (Phi) is 6.67. The van der Waals surface area contributed by atoms with Crippen LogP contribution in [0.1, 0.15) is 38.5 Å². The van der Waals surface area contributed by atoms with Crippen LogP contribution in [0.25, 0.3) is 0 Å². The molecule has 0 aliphatic carbocycles. The Morgan fingerprint density at radius 3 is 1.33 bits per heavy atom. The lowest BCUT2D eigenvalue weighted by atomic mass is 10.1. The molecule has 0 aromatic rings. The number of piperidine rings is 2. The van der Waals surface area contributed by atoms with Crippen molar-refractivity contribution in [2.75, 3.05) is 13.1 Å². The maximum Gasteiger partial charge on any atom is 0.320 e. The summed E-state index contributed by atoms with van der Waals surface area (Å²) < 4.78 is 0. The predicted molar refractivity (Wildman–Crippen MR) is 66.6 cm³/mol. The van der Waals surface area contributed by atoms with Gasteiger partial charge < -0.3 is 20.8 Å². The van der Waals surface area contributed by atoms with Crippen LogP contribution in [0.2, 0.25) is 0 Å². The molecule has 4 N–H and O–H groups in total. The zero-order valence-electron chi connectivity index (χ0n) is 10.5. The number of hydrogen-bond acceptors (Lipinski definition) is 4. The average Bonchev–Trinajstić information content (AvgIpc) is 2.41. The third-order valence-corrected chi connectivity index (χ3v) is 3.22. The maximum atomic E-state index is 10.3. The van der Waals surface area contributed by atoms with E-state index >= 15 is 0 Å². The Morgan fingerprint density at radius 2 is 1.17 bits per heavy atom. The monoisotopic (exact) mass is 258 g/mol. The first-order valence-corrected chi connectivity index (χ1v) is 6.53. The van der Waals surface area contributed by atoms with Gasteiger partial charge in [-0.05, 0) is 38.8 Å². The minimum atomic E-state index is -0.713. The van der Waals surface area contributed by atoms with Crippen molar-refractivity contribution in [1.29, 1.82) is 0 Å². The molecule has 0 saturated carbocycles. The van der Waals surface area contributed by atoms with Crippen LogP contribution in [0.3, 0.4) is 0 Å². The SMILES string of the molecule is O=C(O)C1CCCCN1.O=C(O)C1CCCCN1. The first-order chi connectivity index (χ1) is 8.61. The lowest BCUT2D eigenvalue weighted by Crippen LogP contribution is -2.40. The van der Waals surface area contributed by atoms with E-state index in [1.54, 1.807) is 0 Å². The molecule has 6 nitrogen and oxygen atoms in total. The summed E-state index contributed by atoms with van der Waals surface area (Å²) >= 11 is 0. The molecule has 18 heavy (non-hydrogen) atoms. The smallest absolute Gasteiger partial charge is 0.320 e. The third-order valence-electron chi connectivity index (χ3n) is 3.22. The van der Waals surface area contributed by atoms with Gasteiger partial charge in [0.1, 0.15) is 12.1 Å². The van der Waals surface area contributed by atoms with Gasteiger partial charge in [0.2, 0.25) is 0 Å². The molecule has 0 aromatic heterocycles. The highest BCUT2D eigenvalue weighted by molar-refractivity contribution is 5.73. The first-order valence-electron chi connectivity index (χ1n) is 6.53. The molecule has 2 saturated heterocycles. The van der Waals surface area contributed by atoms with Crippen LogP contribution in [0.15, 0.2) is 0 Å². The fourth-order valence-electron chi connectivity index (χ4n) is 2.13. The lowest BCUT2D eigenvalue weighted by molar-refractivity contribution is -0.141. The summed E-state index contributed by atoms with van der Waals surface area (Å²) in [6, 6.07) is -0.558. The number of carboxylic acids is 2. The van der Waals surface area contributed by atoms with Crippen molar-refractivity contribution in [3.8, 4) is 0 Å². The number of hydrogen-bond donors (Lipinski definition) is 4. The second-order valence-corrected chi connectivity index (χ2v) is 4.68. The molecule has 0 bridgehead atoms. The Balaban J connectivity index is 0.000000180. The van der Waals surface area contributed by atoms with E-state index in [2.05, 4.69) is 10.6 Å². The van der Waals surface area contributed by atoms with Crippen LogP contribution in [-0.4, -0.2) is 47.3 Å². The van der Waals surface area contributed by atoms with E-state index in [1.807, 2.05) is 0 Å². The number of carboxylic acid groups (broad SMARTS) is 2. The summed E-state index contributed by atoms with van der Waals surface area (Å²) in [6.07, 6.45) is 5.90. The van der Waals surface area contributed by atoms with Crippen molar-refractivity contribution in [3.05, 3.63) is 0 Å². The van der Waals surface area contributed by atoms with E-state index in [0.29, 0.717) is 0 Å². The second-order valence-electron chi connectivity index (χ2n) is 4.68. The van der Waals surface area contributed by atoms with Crippen molar-refractivity contribution in [1.82, 2.24) is 10.6 Å². The zero-order chi connectivity index (χ0) is 13.4. The summed E-state index contributed by atoms with van der Waals surface area (Å²) in [5.74, 6) is -1.43. The van der Waals surface area contributed by atoms with Gasteiger partial charge in [0.05, 0.1) is 0 Å². The quantitative estimate of drug-likeness (QED) is 0.573. The largest absolute Gasteiger partial charge is 0.480 e. The highest BCUT2D eigenvalue weighted by Crippen LogP contribution is 2.06. The van der Waals surface area contributed by atoms with Crippen LogP contribution in [0.4, 0.5) is 0 Å². The summed E-state index contributed by atoms with van der Waals surface area (Å²) in [5.41, 5.74) is 0. The molecule has 2 unspecified atom stereocenters. The molecule has 0 aromatic carbocycles. The Hall–Kier alpha value is -1.14. The Morgan fingerprint density at radius 1 is 0.778 bits per heavy atom. The molecule has 6 heteroatoms. The van der Waals surface area contributed by atoms with Crippen molar-refractivity contribution < 1.29 is 19.8 Å². The van der Waals surface area contributed by atoms with Gasteiger partial charge in [0, 0.05) is 0 Å². The van der Waals surface area contributed by atoms with Gasteiger partial charge in [0.15, 0.2) is 0 Å². The van der Waals surface area contributed by atoms with Gasteiger partial charge in [-0.15, -0.1) is 0 Å². The van der Waals surface area contributed by atoms with E-state index in [9.17, 15) is 9.59 Å². The maximum absolute atomic E-state index is 10.3. The van der Waals surface area contributed by atoms with Gasteiger partial charge in [-0.1, -0.05) is 12.8 Å². The highest BCUT2D eigenvalue weighted by atomic mass is 16.4. The predicted octanol–water partition coefficient (Wildman–Crippen LogP) is 0.426. The molecule has 0 amide bonds. The topological polar surface area (TPSA) is 98.7 Å². The first kappa shape index (κ1) is 14.9. The van der Waals surface area contributed by atoms with Gasteiger partial charge in [-0.3, -0.25) is 9.59 Å². The number of nitrogens with one attached hydrogen (secondary N) is 2. The van der Waals surface area contributed by atoms with Gasteiger partial charge >= 0.3 is 11.9 Å². The molecule has 2 atom stereocenters. The Labute approximate surface area is 107 Å². The van der Waals surface area contributed by atoms with Gasteiger partial charge in [-0.25, -0.2) is 0 Å². The molecule has 2 aliphatic heterocycles. The molecule has 2 rings (SSSR count). The molecule has 104 valence electrons. The lowest BCUT2D eigenvalue weighted by Gasteiger charge is -2.18. The van der Waals surface area contributed by atoms with Gasteiger partial charge in [-0.2, -0.15) is 0 Å². The van der Waals surface area contributed by atoms with Crippen molar-refractivity contribution in [2.45, 2.75) is 50.6 Å². The molecular weight excluding hydrogens is 236 g/mol. The van der Waals surface area contributed by atoms with Crippen LogP contribution in [0.5, 0.6) is 0 Å². The molecule has 0 spiro atoms. The number of rotatable bonds is 2. The van der Waals surface area contributed by atoms with E-state index in [0.717, 1.165) is 51.6 Å². The summed E-state index contributed by atoms with van der Waals surface area (Å²) in [4.78, 5) is 20.6. The number of aliphatic carboxylic acids is 2. The van der Waals surface area contributed by atoms with Crippen molar-refractivity contribution in [2.24, 2.45) is 0 Å². The van der Waals surface area contributed by atoms with Crippen LogP contribution >= 0.6 is 0 Å². The molecule has 0 radical (unpaired) electrons. The third kappa shape index (κ3) is 5.46. The summed E-state index contributed by atoms with van der Waals surface area (Å²) in [6.45, 7) is 1.72. The van der Waals surface area contributed by atoms with E-state index in [1.165, 1.54) is 0 Å². The second kappa shape index (κ2) is 8.05. The van der Waals surface area contributed by atoms with Crippen molar-refractivity contribution >= 4 is 11.9 Å². The van der Waals surface area contributed by atoms with Crippen LogP contribution < -0.4 is 10.6 Å². The fraction of sp³-hybridized carbons (Fsp3) is 0.833. The molecule has 2 aliphatic rings. The molecular formula is C12H22N2O4. The fourth-order valence-corrected chi connectivity index (χ4v) is 2.13. The molecule has 2 heterocycles. The van der Waals surface area contributed by atoms with Crippen LogP contribution in [0, 0.1) is 0 Å². The number of carbonyl (C=O) groups is 2. The normalized spacial score (nSPS) is 27.8. The zero-order valence-corrected chi connectivity index (χ0v) is 10.5. The minimum absolute atomic E-state index is 0.279. The summed E-state index contributed by atoms with van der Waals surface area (Å²) in [5, 5.41) is 22.8. The molecule has 2 fully saturated rings. The van der Waals surface area contributed by atoms with E-state index < -0.39 is 11.9 Å². The van der Waals surface area contributed by atoms with Crippen LogP contribution in [-0.2, 0) is 9.59 Å².